The molecule has 0 aliphatic carbocycles. The van der Waals surface area contributed by atoms with Crippen LogP contribution in [-0.4, -0.2) is 15.3 Å². The van der Waals surface area contributed by atoms with Crippen LogP contribution in [0.4, 0.5) is 0 Å². The average molecular weight is 393 g/mol. The van der Waals surface area contributed by atoms with E-state index in [1.54, 1.807) is 12.1 Å². The molecule has 0 fully saturated rings. The maximum absolute atomic E-state index is 10.7. The molecule has 2 aromatic rings. The van der Waals surface area contributed by atoms with E-state index < -0.39 is 21.4 Å². The van der Waals surface area contributed by atoms with Gasteiger partial charge in [-0.2, -0.15) is 0 Å². The van der Waals surface area contributed by atoms with Gasteiger partial charge in [-0.15, -0.1) is 30.3 Å². The molecule has 0 N–H and O–H groups in total. The summed E-state index contributed by atoms with van der Waals surface area (Å²) in [6, 6.07) is 8.20. The van der Waals surface area contributed by atoms with Gasteiger partial charge in [0.05, 0.1) is 0 Å². The third-order valence-corrected chi connectivity index (χ3v) is 3.85. The predicted octanol–water partition coefficient (Wildman–Crippen LogP) is 2.46. The number of hydrogen-bond donors (Lipinski definition) is 0. The highest BCUT2D eigenvalue weighted by Crippen LogP contribution is 2.42. The number of benzene rings is 2. The summed E-state index contributed by atoms with van der Waals surface area (Å²) in [7, 11) is 0. The summed E-state index contributed by atoms with van der Waals surface area (Å²) in [6.07, 6.45) is 0.257. The van der Waals surface area contributed by atoms with Crippen LogP contribution >= 0.6 is 0 Å². The lowest BCUT2D eigenvalue weighted by atomic mass is 9.96. The fourth-order valence-electron chi connectivity index (χ4n) is 2.80. The predicted molar refractivity (Wildman–Crippen MR) is 87.4 cm³/mol. The van der Waals surface area contributed by atoms with Gasteiger partial charge in [0, 0.05) is 11.6 Å². The van der Waals surface area contributed by atoms with Gasteiger partial charge in [0.25, 0.3) is 15.3 Å². The van der Waals surface area contributed by atoms with Crippen LogP contribution in [0.5, 0.6) is 23.0 Å². The van der Waals surface area contributed by atoms with Gasteiger partial charge in [-0.1, -0.05) is 12.1 Å². The summed E-state index contributed by atoms with van der Waals surface area (Å²) in [4.78, 5) is 44.8. The van der Waals surface area contributed by atoms with Gasteiger partial charge >= 0.3 is 0 Å². The second-order valence-corrected chi connectivity index (χ2v) is 5.56. The maximum Gasteiger partial charge on any atom is 0.299 e. The van der Waals surface area contributed by atoms with Gasteiger partial charge < -0.3 is 4.74 Å². The molecule has 0 saturated heterocycles. The lowest BCUT2D eigenvalue weighted by molar-refractivity contribution is -0.713. The quantitative estimate of drug-likeness (QED) is 0.503. The molecule has 13 nitrogen and oxygen atoms in total. The third kappa shape index (κ3) is 4.32. The van der Waals surface area contributed by atoms with Crippen LogP contribution in [0.25, 0.3) is 0 Å². The van der Waals surface area contributed by atoms with Crippen LogP contribution in [0.15, 0.2) is 36.4 Å². The molecule has 3 rings (SSSR count). The molecule has 1 aliphatic rings. The Labute approximate surface area is 155 Å². The van der Waals surface area contributed by atoms with Crippen LogP contribution in [0.3, 0.4) is 0 Å². The van der Waals surface area contributed by atoms with Crippen molar-refractivity contribution in [3.8, 4) is 23.0 Å². The normalized spacial score (nSPS) is 14.9. The minimum Gasteiger partial charge on any atom is -0.485 e. The Morgan fingerprint density at radius 1 is 0.857 bits per heavy atom. The fraction of sp³-hybridized carbons (Fsp3) is 0.200. The van der Waals surface area contributed by atoms with E-state index in [4.69, 9.17) is 4.74 Å². The molecular weight excluding hydrogens is 382 g/mol. The van der Waals surface area contributed by atoms with Crippen molar-refractivity contribution in [1.82, 2.24) is 0 Å². The molecule has 2 aromatic carbocycles. The van der Waals surface area contributed by atoms with Gasteiger partial charge in [-0.05, 0) is 36.6 Å². The molecule has 146 valence electrons. The van der Waals surface area contributed by atoms with E-state index in [0.29, 0.717) is 24.0 Å². The van der Waals surface area contributed by atoms with Crippen molar-refractivity contribution in [2.45, 2.75) is 18.9 Å². The molecular formula is C15H11N3O10. The smallest absolute Gasteiger partial charge is 0.299 e. The van der Waals surface area contributed by atoms with Gasteiger partial charge in [0.2, 0.25) is 0 Å². The Morgan fingerprint density at radius 3 is 2.07 bits per heavy atom. The lowest BCUT2D eigenvalue weighted by Gasteiger charge is -2.28. The first-order chi connectivity index (χ1) is 13.3. The largest absolute Gasteiger partial charge is 0.485 e. The van der Waals surface area contributed by atoms with Gasteiger partial charge in [0.1, 0.15) is 29.1 Å². The molecule has 1 heterocycles. The summed E-state index contributed by atoms with van der Waals surface area (Å²) < 4.78 is 5.80. The van der Waals surface area contributed by atoms with Crippen molar-refractivity contribution >= 4 is 0 Å². The Balaban J connectivity index is 1.87. The van der Waals surface area contributed by atoms with E-state index >= 15 is 0 Å². The third-order valence-electron chi connectivity index (χ3n) is 3.85. The van der Waals surface area contributed by atoms with Gasteiger partial charge in [0.15, 0.2) is 0 Å². The number of hydrogen-bond acceptors (Lipinski definition) is 10. The van der Waals surface area contributed by atoms with Crippen molar-refractivity contribution < 1.29 is 34.5 Å². The number of nitrogens with zero attached hydrogens (tertiary/aromatic N) is 3. The minimum atomic E-state index is -1.06. The van der Waals surface area contributed by atoms with Crippen molar-refractivity contribution in [3.05, 3.63) is 77.9 Å². The monoisotopic (exact) mass is 393 g/mol. The molecule has 0 aromatic heterocycles. The zero-order valence-electron chi connectivity index (χ0n) is 13.9. The van der Waals surface area contributed by atoms with E-state index in [-0.39, 0.29) is 23.0 Å². The van der Waals surface area contributed by atoms with Crippen LogP contribution in [0, 0.1) is 30.3 Å². The summed E-state index contributed by atoms with van der Waals surface area (Å²) in [5, 5.41) is 28.6. The average Bonchev–Trinajstić information content (AvgIpc) is 2.60. The minimum absolute atomic E-state index is 0.0355. The molecule has 0 saturated carbocycles. The summed E-state index contributed by atoms with van der Waals surface area (Å²) in [6.45, 7) is 0. The highest BCUT2D eigenvalue weighted by atomic mass is 17.0. The van der Waals surface area contributed by atoms with Crippen molar-refractivity contribution in [2.75, 3.05) is 0 Å². The van der Waals surface area contributed by atoms with Gasteiger partial charge in [-0.3, -0.25) is 14.5 Å². The van der Waals surface area contributed by atoms with E-state index in [2.05, 4.69) is 14.5 Å². The highest BCUT2D eigenvalue weighted by Gasteiger charge is 2.26. The molecule has 1 atom stereocenters. The van der Waals surface area contributed by atoms with E-state index in [1.807, 2.05) is 0 Å². The zero-order valence-corrected chi connectivity index (χ0v) is 13.9. The van der Waals surface area contributed by atoms with E-state index in [1.165, 1.54) is 18.2 Å². The summed E-state index contributed by atoms with van der Waals surface area (Å²) in [5.74, 6) is -0.338. The molecule has 28 heavy (non-hydrogen) atoms. The topological polar surface area (TPSA) is 166 Å². The molecule has 13 heteroatoms. The number of fused-ring (bicyclic) bond motifs is 1. The van der Waals surface area contributed by atoms with Crippen molar-refractivity contribution in [3.63, 3.8) is 0 Å². The molecule has 1 aliphatic heterocycles. The SMILES string of the molecule is O=[N+]([O-])Oc1ccc(C2CCc3c(cc(O[N+](=O)[O-])cc3O[N+](=O)[O-])O2)cc1. The highest BCUT2D eigenvalue weighted by molar-refractivity contribution is 5.51. The number of ether oxygens (including phenoxy) is 1. The second-order valence-electron chi connectivity index (χ2n) is 5.56. The number of rotatable bonds is 7. The molecule has 0 amide bonds. The van der Waals surface area contributed by atoms with Crippen molar-refractivity contribution in [1.29, 1.82) is 0 Å². The van der Waals surface area contributed by atoms with Crippen molar-refractivity contribution in [2.24, 2.45) is 0 Å². The first-order valence-electron chi connectivity index (χ1n) is 7.72. The molecule has 0 radical (unpaired) electrons. The van der Waals surface area contributed by atoms with Gasteiger partial charge in [-0.25, -0.2) is 0 Å². The van der Waals surface area contributed by atoms with Crippen LogP contribution in [-0.2, 0) is 6.42 Å². The molecule has 0 bridgehead atoms. The lowest BCUT2D eigenvalue weighted by Crippen LogP contribution is -2.17. The Kier molecular flexibility index (Phi) is 5.06. The summed E-state index contributed by atoms with van der Waals surface area (Å²) in [5.41, 5.74) is 1.04. The first-order valence-corrected chi connectivity index (χ1v) is 7.72. The van der Waals surface area contributed by atoms with E-state index in [9.17, 15) is 30.3 Å². The Morgan fingerprint density at radius 2 is 1.46 bits per heavy atom. The van der Waals surface area contributed by atoms with Crippen LogP contribution in [0.2, 0.25) is 0 Å². The summed E-state index contributed by atoms with van der Waals surface area (Å²) >= 11 is 0. The maximum atomic E-state index is 10.7. The van der Waals surface area contributed by atoms with Crippen LogP contribution in [0.1, 0.15) is 23.7 Å². The first kappa shape index (κ1) is 18.6. The molecule has 1 unspecified atom stereocenters. The Bertz CT molecular complexity index is 930. The fourth-order valence-corrected chi connectivity index (χ4v) is 2.80. The zero-order chi connectivity index (χ0) is 20.3. The van der Waals surface area contributed by atoms with E-state index in [0.717, 1.165) is 6.07 Å². The second kappa shape index (κ2) is 7.61. The molecule has 0 spiro atoms. The Hall–Kier alpha value is -4.16. The standard InChI is InChI=1S/C15H11N3O10/c19-16(20)26-10-3-1-9(2-4-10)13-6-5-12-14(25-13)7-11(27-17(21)22)8-15(12)28-18(23)24/h1-4,7-8,13H,5-6H2. The van der Waals surface area contributed by atoms with Crippen LogP contribution < -0.4 is 19.2 Å².